The van der Waals surface area contributed by atoms with Crippen molar-refractivity contribution in [2.75, 3.05) is 32.7 Å². The van der Waals surface area contributed by atoms with Gasteiger partial charge in [-0.1, -0.05) is 0 Å². The summed E-state index contributed by atoms with van der Waals surface area (Å²) in [6.45, 7) is 4.91. The van der Waals surface area contributed by atoms with Crippen molar-refractivity contribution in [1.29, 1.82) is 0 Å². The van der Waals surface area contributed by atoms with E-state index in [9.17, 15) is 9.18 Å². The van der Waals surface area contributed by atoms with E-state index in [1.54, 1.807) is 18.3 Å². The second-order valence-corrected chi connectivity index (χ2v) is 5.41. The summed E-state index contributed by atoms with van der Waals surface area (Å²) < 4.78 is 14.8. The third kappa shape index (κ3) is 3.51. The Morgan fingerprint density at radius 2 is 1.82 bits per heavy atom. The minimum Gasteiger partial charge on any atom is -0.336 e. The van der Waals surface area contributed by atoms with E-state index in [4.69, 9.17) is 0 Å². The van der Waals surface area contributed by atoms with Gasteiger partial charge in [-0.2, -0.15) is 5.10 Å². The SMILES string of the molecule is O=C(c1ccc(F)cc1)N1CCN(CCn2cccn2)CC1. The number of carbonyl (C=O) groups is 1. The molecule has 0 unspecified atom stereocenters. The highest BCUT2D eigenvalue weighted by molar-refractivity contribution is 5.94. The Labute approximate surface area is 128 Å². The van der Waals surface area contributed by atoms with Gasteiger partial charge in [0.1, 0.15) is 5.82 Å². The van der Waals surface area contributed by atoms with Gasteiger partial charge in [-0.3, -0.25) is 14.4 Å². The summed E-state index contributed by atoms with van der Waals surface area (Å²) in [6.07, 6.45) is 3.73. The van der Waals surface area contributed by atoms with Gasteiger partial charge in [-0.25, -0.2) is 4.39 Å². The van der Waals surface area contributed by atoms with E-state index in [-0.39, 0.29) is 11.7 Å². The van der Waals surface area contributed by atoms with Crippen molar-refractivity contribution >= 4 is 5.91 Å². The van der Waals surface area contributed by atoms with Crippen LogP contribution in [0.4, 0.5) is 4.39 Å². The third-order valence-electron chi connectivity index (χ3n) is 3.96. The van der Waals surface area contributed by atoms with Gasteiger partial charge in [-0.15, -0.1) is 0 Å². The monoisotopic (exact) mass is 302 g/mol. The summed E-state index contributed by atoms with van der Waals surface area (Å²) in [6, 6.07) is 7.66. The first-order chi connectivity index (χ1) is 10.7. The number of nitrogens with zero attached hydrogens (tertiary/aromatic N) is 4. The van der Waals surface area contributed by atoms with Crippen LogP contribution in [-0.4, -0.2) is 58.2 Å². The van der Waals surface area contributed by atoms with Crippen LogP contribution in [0, 0.1) is 5.82 Å². The molecule has 0 bridgehead atoms. The molecule has 2 aromatic rings. The van der Waals surface area contributed by atoms with Crippen molar-refractivity contribution in [2.45, 2.75) is 6.54 Å². The van der Waals surface area contributed by atoms with Crippen molar-refractivity contribution in [3.8, 4) is 0 Å². The molecule has 1 aromatic heterocycles. The highest BCUT2D eigenvalue weighted by Crippen LogP contribution is 2.10. The number of halogens is 1. The van der Waals surface area contributed by atoms with E-state index in [0.29, 0.717) is 18.7 Å². The highest BCUT2D eigenvalue weighted by atomic mass is 19.1. The normalized spacial score (nSPS) is 16.0. The molecule has 3 rings (SSSR count). The quantitative estimate of drug-likeness (QED) is 0.859. The zero-order chi connectivity index (χ0) is 15.4. The zero-order valence-electron chi connectivity index (χ0n) is 12.4. The molecule has 1 aromatic carbocycles. The summed E-state index contributed by atoms with van der Waals surface area (Å²) in [5.41, 5.74) is 0.548. The maximum absolute atomic E-state index is 12.9. The average Bonchev–Trinajstić information content (AvgIpc) is 3.07. The van der Waals surface area contributed by atoms with Crippen LogP contribution in [0.3, 0.4) is 0 Å². The molecule has 22 heavy (non-hydrogen) atoms. The Balaban J connectivity index is 1.48. The van der Waals surface area contributed by atoms with Gasteiger partial charge in [0.05, 0.1) is 6.54 Å². The molecule has 1 saturated heterocycles. The fourth-order valence-electron chi connectivity index (χ4n) is 2.63. The number of carbonyl (C=O) groups excluding carboxylic acids is 1. The summed E-state index contributed by atoms with van der Waals surface area (Å²) >= 11 is 0. The lowest BCUT2D eigenvalue weighted by atomic mass is 10.2. The topological polar surface area (TPSA) is 41.4 Å². The maximum atomic E-state index is 12.9. The number of amides is 1. The fraction of sp³-hybridized carbons (Fsp3) is 0.375. The fourth-order valence-corrected chi connectivity index (χ4v) is 2.63. The van der Waals surface area contributed by atoms with Crippen LogP contribution in [0.15, 0.2) is 42.7 Å². The van der Waals surface area contributed by atoms with Crippen molar-refractivity contribution < 1.29 is 9.18 Å². The summed E-state index contributed by atoms with van der Waals surface area (Å²) in [4.78, 5) is 16.5. The van der Waals surface area contributed by atoms with Crippen LogP contribution < -0.4 is 0 Å². The second kappa shape index (κ2) is 6.70. The van der Waals surface area contributed by atoms with Gasteiger partial charge in [-0.05, 0) is 30.3 Å². The van der Waals surface area contributed by atoms with Gasteiger partial charge in [0.15, 0.2) is 0 Å². The van der Waals surface area contributed by atoms with Crippen LogP contribution in [0.5, 0.6) is 0 Å². The van der Waals surface area contributed by atoms with Crippen molar-refractivity contribution in [1.82, 2.24) is 19.6 Å². The number of benzene rings is 1. The Hall–Kier alpha value is -2.21. The van der Waals surface area contributed by atoms with Gasteiger partial charge in [0.25, 0.3) is 5.91 Å². The van der Waals surface area contributed by atoms with Gasteiger partial charge < -0.3 is 4.90 Å². The molecule has 1 aliphatic rings. The molecule has 6 heteroatoms. The van der Waals surface area contributed by atoms with Crippen molar-refractivity contribution in [2.24, 2.45) is 0 Å². The molecule has 1 aliphatic heterocycles. The average molecular weight is 302 g/mol. The molecule has 0 aliphatic carbocycles. The number of aromatic nitrogens is 2. The lowest BCUT2D eigenvalue weighted by molar-refractivity contribution is 0.0632. The molecule has 2 heterocycles. The highest BCUT2D eigenvalue weighted by Gasteiger charge is 2.21. The molecule has 1 amide bonds. The first-order valence-corrected chi connectivity index (χ1v) is 7.47. The van der Waals surface area contributed by atoms with E-state index < -0.39 is 0 Å². The van der Waals surface area contributed by atoms with Crippen LogP contribution >= 0.6 is 0 Å². The first-order valence-electron chi connectivity index (χ1n) is 7.47. The molecular formula is C16H19FN4O. The van der Waals surface area contributed by atoms with Crippen molar-refractivity contribution in [3.63, 3.8) is 0 Å². The van der Waals surface area contributed by atoms with E-state index >= 15 is 0 Å². The molecule has 0 N–H and O–H groups in total. The molecule has 116 valence electrons. The molecule has 0 saturated carbocycles. The Kier molecular flexibility index (Phi) is 4.48. The molecule has 0 spiro atoms. The molecule has 0 atom stereocenters. The Bertz CT molecular complexity index is 604. The Morgan fingerprint density at radius 3 is 2.45 bits per heavy atom. The van der Waals surface area contributed by atoms with Crippen LogP contribution in [0.2, 0.25) is 0 Å². The smallest absolute Gasteiger partial charge is 0.253 e. The minimum absolute atomic E-state index is 0.0215. The molecule has 1 fully saturated rings. The van der Waals surface area contributed by atoms with E-state index in [0.717, 1.165) is 26.2 Å². The summed E-state index contributed by atoms with van der Waals surface area (Å²) in [5.74, 6) is -0.341. The number of hydrogen-bond acceptors (Lipinski definition) is 3. The lowest BCUT2D eigenvalue weighted by Crippen LogP contribution is -2.49. The minimum atomic E-state index is -0.319. The van der Waals surface area contributed by atoms with E-state index in [1.165, 1.54) is 12.1 Å². The Morgan fingerprint density at radius 1 is 1.09 bits per heavy atom. The predicted molar refractivity (Wildman–Crippen MR) is 81.0 cm³/mol. The maximum Gasteiger partial charge on any atom is 0.253 e. The number of hydrogen-bond donors (Lipinski definition) is 0. The van der Waals surface area contributed by atoms with E-state index in [2.05, 4.69) is 10.00 Å². The van der Waals surface area contributed by atoms with Gasteiger partial charge in [0.2, 0.25) is 0 Å². The van der Waals surface area contributed by atoms with Crippen molar-refractivity contribution in [3.05, 3.63) is 54.1 Å². The van der Waals surface area contributed by atoms with Crippen LogP contribution in [-0.2, 0) is 6.54 Å². The number of piperazine rings is 1. The second-order valence-electron chi connectivity index (χ2n) is 5.41. The summed E-state index contributed by atoms with van der Waals surface area (Å²) in [5, 5.41) is 4.19. The van der Waals surface area contributed by atoms with Crippen LogP contribution in [0.25, 0.3) is 0 Å². The third-order valence-corrected chi connectivity index (χ3v) is 3.96. The molecule has 0 radical (unpaired) electrons. The largest absolute Gasteiger partial charge is 0.336 e. The lowest BCUT2D eigenvalue weighted by Gasteiger charge is -2.34. The van der Waals surface area contributed by atoms with Gasteiger partial charge >= 0.3 is 0 Å². The predicted octanol–water partition coefficient (Wildman–Crippen LogP) is 1.48. The van der Waals surface area contributed by atoms with E-state index in [1.807, 2.05) is 21.8 Å². The van der Waals surface area contributed by atoms with Gasteiger partial charge in [0, 0.05) is 50.7 Å². The summed E-state index contributed by atoms with van der Waals surface area (Å²) in [7, 11) is 0. The zero-order valence-corrected chi connectivity index (χ0v) is 12.4. The molecule has 5 nitrogen and oxygen atoms in total. The van der Waals surface area contributed by atoms with Crippen LogP contribution in [0.1, 0.15) is 10.4 Å². The number of rotatable bonds is 4. The molecular weight excluding hydrogens is 283 g/mol. The standard InChI is InChI=1S/C16H19FN4O/c17-15-4-2-14(3-5-15)16(22)20-11-8-19(9-12-20)10-13-21-7-1-6-18-21/h1-7H,8-13H2. The first kappa shape index (κ1) is 14.7.